The van der Waals surface area contributed by atoms with Crippen LogP contribution in [0.5, 0.6) is 0 Å². The average molecular weight is 339 g/mol. The number of aliphatic hydroxyl groups is 2. The summed E-state index contributed by atoms with van der Waals surface area (Å²) in [5.41, 5.74) is 9.67. The molecule has 1 aromatic rings. The van der Waals surface area contributed by atoms with Crippen molar-refractivity contribution in [3.05, 3.63) is 22.7 Å². The van der Waals surface area contributed by atoms with E-state index < -0.39 is 42.7 Å². The van der Waals surface area contributed by atoms with Crippen molar-refractivity contribution in [3.63, 3.8) is 0 Å². The summed E-state index contributed by atoms with van der Waals surface area (Å²) < 4.78 is 32.7. The molecule has 130 valence electrons. The number of hydroxylamine groups is 1. The number of ether oxygens (including phenoxy) is 1. The molecule has 23 heavy (non-hydrogen) atoms. The van der Waals surface area contributed by atoms with Gasteiger partial charge >= 0.3 is 17.6 Å². The number of aliphatic hydroxyl groups excluding tert-OH is 2. The first-order chi connectivity index (χ1) is 10.6. The Hall–Kier alpha value is -2.35. The maximum Gasteiger partial charge on any atom is 0.351 e. The van der Waals surface area contributed by atoms with Crippen molar-refractivity contribution in [2.45, 2.75) is 24.4 Å². The van der Waals surface area contributed by atoms with Gasteiger partial charge in [0.05, 0.1) is 6.61 Å². The first-order valence-corrected chi connectivity index (χ1v) is 6.01. The van der Waals surface area contributed by atoms with E-state index >= 15 is 0 Å². The first kappa shape index (κ1) is 18.7. The standard InChI is InChI=1S/C9H11F2N3O4.CH4N2O2/c10-9(11)6(16)4(3-15)18-7(9)14-2-1-5(12)13-8(14)17;2-1(4)3-5/h1-2,4,6-7,15-16H,3H2,(H2,12,13,17);5H,(H3,2,3,4)/t4-,6-,7-;/m1./s1. The van der Waals surface area contributed by atoms with E-state index in [0.717, 1.165) is 12.3 Å². The molecule has 11 nitrogen and oxygen atoms in total. The number of nitrogens with two attached hydrogens (primary N) is 2. The fourth-order valence-electron chi connectivity index (χ4n) is 1.72. The Balaban J connectivity index is 0.000000463. The van der Waals surface area contributed by atoms with Crippen LogP contribution in [0.15, 0.2) is 17.1 Å². The number of nitrogens with zero attached hydrogens (tertiary/aromatic N) is 2. The van der Waals surface area contributed by atoms with E-state index in [0.29, 0.717) is 4.57 Å². The van der Waals surface area contributed by atoms with Crippen LogP contribution in [-0.2, 0) is 4.74 Å². The number of nitrogens with one attached hydrogen (secondary N) is 1. The fraction of sp³-hybridized carbons (Fsp3) is 0.500. The molecule has 0 spiro atoms. The number of hydrogen-bond acceptors (Lipinski definition) is 8. The van der Waals surface area contributed by atoms with Gasteiger partial charge in [0.1, 0.15) is 11.9 Å². The zero-order valence-electron chi connectivity index (χ0n) is 11.5. The number of amides is 2. The molecule has 2 rings (SSSR count). The molecule has 0 bridgehead atoms. The molecule has 1 aliphatic rings. The number of alkyl halides is 2. The van der Waals surface area contributed by atoms with Gasteiger partial charge in [-0.15, -0.1) is 0 Å². The predicted molar refractivity (Wildman–Crippen MR) is 69.4 cm³/mol. The van der Waals surface area contributed by atoms with Crippen molar-refractivity contribution >= 4 is 11.8 Å². The lowest BCUT2D eigenvalue weighted by Crippen LogP contribution is -2.41. The largest absolute Gasteiger partial charge is 0.394 e. The second kappa shape index (κ2) is 7.28. The molecule has 0 aliphatic carbocycles. The first-order valence-electron chi connectivity index (χ1n) is 6.01. The normalized spacial score (nSPS) is 25.3. The summed E-state index contributed by atoms with van der Waals surface area (Å²) >= 11 is 0. The summed E-state index contributed by atoms with van der Waals surface area (Å²) in [7, 11) is 0. The summed E-state index contributed by atoms with van der Waals surface area (Å²) in [6.45, 7) is -0.787. The van der Waals surface area contributed by atoms with Gasteiger partial charge in [0.2, 0.25) is 6.23 Å². The molecule has 1 saturated heterocycles. The van der Waals surface area contributed by atoms with Crippen LogP contribution in [0.1, 0.15) is 6.23 Å². The summed E-state index contributed by atoms with van der Waals surface area (Å²) in [5, 5.41) is 25.5. The zero-order valence-corrected chi connectivity index (χ0v) is 11.5. The van der Waals surface area contributed by atoms with Crippen LogP contribution in [0.4, 0.5) is 19.4 Å². The predicted octanol–water partition coefficient (Wildman–Crippen LogP) is -2.24. The third kappa shape index (κ3) is 4.10. The highest BCUT2D eigenvalue weighted by Gasteiger charge is 2.59. The van der Waals surface area contributed by atoms with Crippen LogP contribution in [0.3, 0.4) is 0 Å². The lowest BCUT2D eigenvalue weighted by Gasteiger charge is -2.20. The van der Waals surface area contributed by atoms with Gasteiger partial charge < -0.3 is 26.4 Å². The quantitative estimate of drug-likeness (QED) is 0.258. The Morgan fingerprint density at radius 1 is 1.57 bits per heavy atom. The molecule has 0 radical (unpaired) electrons. The Bertz CT molecular complexity index is 612. The minimum Gasteiger partial charge on any atom is -0.394 e. The number of carbonyl (C=O) groups is 1. The van der Waals surface area contributed by atoms with Crippen molar-refractivity contribution in [2.24, 2.45) is 5.73 Å². The van der Waals surface area contributed by atoms with Gasteiger partial charge in [0, 0.05) is 6.20 Å². The Morgan fingerprint density at radius 3 is 2.52 bits per heavy atom. The summed E-state index contributed by atoms with van der Waals surface area (Å²) in [6, 6.07) is 0.212. The number of nitrogen functional groups attached to an aromatic ring is 1. The molecule has 0 aromatic carbocycles. The molecule has 2 heterocycles. The monoisotopic (exact) mass is 339 g/mol. The maximum absolute atomic E-state index is 13.7. The van der Waals surface area contributed by atoms with E-state index in [1.165, 1.54) is 5.48 Å². The van der Waals surface area contributed by atoms with E-state index in [2.05, 4.69) is 10.7 Å². The third-order valence-electron chi connectivity index (χ3n) is 2.77. The number of aromatic nitrogens is 2. The Morgan fingerprint density at radius 2 is 2.13 bits per heavy atom. The van der Waals surface area contributed by atoms with Gasteiger partial charge in [-0.3, -0.25) is 9.77 Å². The third-order valence-corrected chi connectivity index (χ3v) is 2.77. The van der Waals surface area contributed by atoms with Gasteiger partial charge in [-0.05, 0) is 6.07 Å². The molecular formula is C10H15F2N5O6. The van der Waals surface area contributed by atoms with Crippen LogP contribution in [0.2, 0.25) is 0 Å². The van der Waals surface area contributed by atoms with Gasteiger partial charge in [0.25, 0.3) is 0 Å². The topological polar surface area (TPSA) is 186 Å². The summed E-state index contributed by atoms with van der Waals surface area (Å²) in [4.78, 5) is 23.9. The number of halogens is 2. The molecule has 1 aliphatic heterocycles. The van der Waals surface area contributed by atoms with Crippen LogP contribution < -0.4 is 22.6 Å². The molecule has 13 heteroatoms. The second-order valence-electron chi connectivity index (χ2n) is 4.35. The van der Waals surface area contributed by atoms with Crippen LogP contribution >= 0.6 is 0 Å². The number of urea groups is 1. The fourth-order valence-corrected chi connectivity index (χ4v) is 1.72. The van der Waals surface area contributed by atoms with Crippen molar-refractivity contribution in [1.29, 1.82) is 0 Å². The van der Waals surface area contributed by atoms with Crippen LogP contribution in [-0.4, -0.2) is 55.7 Å². The van der Waals surface area contributed by atoms with Crippen molar-refractivity contribution in [1.82, 2.24) is 15.0 Å². The lowest BCUT2D eigenvalue weighted by molar-refractivity contribution is -0.140. The number of anilines is 1. The van der Waals surface area contributed by atoms with E-state index in [-0.39, 0.29) is 5.82 Å². The van der Waals surface area contributed by atoms with Gasteiger partial charge in [-0.2, -0.15) is 13.8 Å². The molecule has 8 N–H and O–H groups in total. The molecular weight excluding hydrogens is 324 g/mol. The maximum atomic E-state index is 13.7. The summed E-state index contributed by atoms with van der Waals surface area (Å²) in [6.07, 6.45) is -4.69. The van der Waals surface area contributed by atoms with Gasteiger partial charge in [-0.25, -0.2) is 15.1 Å². The molecule has 2 amide bonds. The van der Waals surface area contributed by atoms with Crippen molar-refractivity contribution in [3.8, 4) is 0 Å². The number of primary amides is 1. The highest BCUT2D eigenvalue weighted by Crippen LogP contribution is 2.41. The van der Waals surface area contributed by atoms with E-state index in [9.17, 15) is 23.5 Å². The highest BCUT2D eigenvalue weighted by atomic mass is 19.3. The highest BCUT2D eigenvalue weighted by molar-refractivity contribution is 5.69. The average Bonchev–Trinajstić information content (AvgIpc) is 2.71. The van der Waals surface area contributed by atoms with E-state index in [1.807, 2.05) is 0 Å². The lowest BCUT2D eigenvalue weighted by atomic mass is 10.1. The minimum absolute atomic E-state index is 0.114. The SMILES string of the molecule is NC(=O)NO.Nc1ccn([C@@H]2O[C@H](CO)[C@@H](O)C2(F)F)c(=O)n1. The van der Waals surface area contributed by atoms with Crippen LogP contribution in [0, 0.1) is 0 Å². The van der Waals surface area contributed by atoms with Crippen LogP contribution in [0.25, 0.3) is 0 Å². The Labute approximate surface area is 127 Å². The smallest absolute Gasteiger partial charge is 0.351 e. The minimum atomic E-state index is -3.71. The molecule has 1 aromatic heterocycles. The number of carbonyl (C=O) groups excluding carboxylic acids is 1. The summed E-state index contributed by atoms with van der Waals surface area (Å²) in [5.74, 6) is -3.83. The number of rotatable bonds is 2. The molecule has 0 saturated carbocycles. The van der Waals surface area contributed by atoms with E-state index in [4.69, 9.17) is 20.8 Å². The zero-order chi connectivity index (χ0) is 17.8. The van der Waals surface area contributed by atoms with Crippen molar-refractivity contribution in [2.75, 3.05) is 12.3 Å². The Kier molecular flexibility index (Phi) is 5.91. The van der Waals surface area contributed by atoms with Crippen molar-refractivity contribution < 1.29 is 33.7 Å². The second-order valence-corrected chi connectivity index (χ2v) is 4.35. The molecule has 3 atom stereocenters. The van der Waals surface area contributed by atoms with Gasteiger partial charge in [0.15, 0.2) is 6.10 Å². The number of hydrogen-bond donors (Lipinski definition) is 6. The molecule has 0 unspecified atom stereocenters. The van der Waals surface area contributed by atoms with E-state index in [1.54, 1.807) is 0 Å². The molecule has 1 fully saturated rings. The van der Waals surface area contributed by atoms with Gasteiger partial charge in [-0.1, -0.05) is 0 Å².